The van der Waals surface area contributed by atoms with Crippen molar-refractivity contribution < 1.29 is 9.18 Å². The smallest absolute Gasteiger partial charge is 0.253 e. The summed E-state index contributed by atoms with van der Waals surface area (Å²) in [7, 11) is 0. The number of anilines is 1. The number of hydrogen-bond acceptors (Lipinski definition) is 6. The van der Waals surface area contributed by atoms with E-state index in [0.717, 1.165) is 5.56 Å². The van der Waals surface area contributed by atoms with Gasteiger partial charge in [-0.2, -0.15) is 4.68 Å². The molecule has 3 heterocycles. The molecule has 4 aromatic rings. The highest BCUT2D eigenvalue weighted by atomic mass is 19.1. The maximum atomic E-state index is 13.6. The van der Waals surface area contributed by atoms with Crippen LogP contribution in [0, 0.1) is 12.7 Å². The second-order valence-electron chi connectivity index (χ2n) is 7.50. The maximum absolute atomic E-state index is 13.6. The van der Waals surface area contributed by atoms with Crippen LogP contribution in [0.2, 0.25) is 0 Å². The monoisotopic (exact) mass is 417 g/mol. The molecule has 8 nitrogen and oxygen atoms in total. The molecule has 1 aliphatic heterocycles. The van der Waals surface area contributed by atoms with Gasteiger partial charge in [-0.15, -0.1) is 5.10 Å². The molecule has 0 radical (unpaired) electrons. The van der Waals surface area contributed by atoms with Crippen LogP contribution in [0.3, 0.4) is 0 Å². The summed E-state index contributed by atoms with van der Waals surface area (Å²) in [4.78, 5) is 25.5. The van der Waals surface area contributed by atoms with E-state index in [1.807, 2.05) is 36.1 Å². The number of carbonyl (C=O) groups is 1. The summed E-state index contributed by atoms with van der Waals surface area (Å²) >= 11 is 0. The Morgan fingerprint density at radius 2 is 1.81 bits per heavy atom. The van der Waals surface area contributed by atoms with Crippen molar-refractivity contribution in [3.63, 3.8) is 0 Å². The lowest BCUT2D eigenvalue weighted by Crippen LogP contribution is -2.49. The number of aryl methyl sites for hydroxylation is 1. The number of piperazine rings is 1. The van der Waals surface area contributed by atoms with Gasteiger partial charge in [0, 0.05) is 31.7 Å². The predicted octanol–water partition coefficient (Wildman–Crippen LogP) is 2.62. The Balaban J connectivity index is 1.37. The van der Waals surface area contributed by atoms with E-state index in [2.05, 4.69) is 25.2 Å². The summed E-state index contributed by atoms with van der Waals surface area (Å²) in [5.41, 5.74) is 3.37. The van der Waals surface area contributed by atoms with Crippen LogP contribution in [0.15, 0.2) is 54.9 Å². The van der Waals surface area contributed by atoms with Crippen molar-refractivity contribution in [2.75, 3.05) is 31.1 Å². The molecule has 2 aromatic heterocycles. The van der Waals surface area contributed by atoms with Crippen LogP contribution >= 0.6 is 0 Å². The normalized spacial score (nSPS) is 14.3. The Bertz CT molecular complexity index is 1260. The molecule has 1 fully saturated rings. The van der Waals surface area contributed by atoms with E-state index < -0.39 is 0 Å². The molecule has 0 aliphatic carbocycles. The molecular weight excluding hydrogens is 397 g/mol. The van der Waals surface area contributed by atoms with Crippen LogP contribution < -0.4 is 4.90 Å². The van der Waals surface area contributed by atoms with Gasteiger partial charge in [0.05, 0.1) is 5.69 Å². The van der Waals surface area contributed by atoms with E-state index in [1.165, 1.54) is 23.1 Å². The topological polar surface area (TPSA) is 80.0 Å². The molecule has 0 saturated carbocycles. The second-order valence-corrected chi connectivity index (χ2v) is 7.50. The van der Waals surface area contributed by atoms with Gasteiger partial charge >= 0.3 is 0 Å². The summed E-state index contributed by atoms with van der Waals surface area (Å²) < 4.78 is 15.1. The molecule has 31 heavy (non-hydrogen) atoms. The standard InChI is InChI=1S/C22H20FN7O/c1-15-4-2-5-16(12-15)22(31)29-10-8-28(9-11-29)20-19-21(25-14-24-20)30(27-26-19)18-7-3-6-17(23)13-18/h2-7,12-14H,8-11H2,1H3. The van der Waals surface area contributed by atoms with E-state index in [-0.39, 0.29) is 11.7 Å². The number of rotatable bonds is 3. The second kappa shape index (κ2) is 7.75. The lowest BCUT2D eigenvalue weighted by atomic mass is 10.1. The molecule has 9 heteroatoms. The molecule has 1 aliphatic rings. The number of halogens is 1. The minimum absolute atomic E-state index is 0.0354. The molecular formula is C22H20FN7O. The van der Waals surface area contributed by atoms with Crippen molar-refractivity contribution in [3.8, 4) is 5.69 Å². The molecule has 0 bridgehead atoms. The number of hydrogen-bond donors (Lipinski definition) is 0. The van der Waals surface area contributed by atoms with Gasteiger partial charge in [-0.05, 0) is 37.3 Å². The Morgan fingerprint density at radius 1 is 1.00 bits per heavy atom. The Labute approximate surface area is 177 Å². The van der Waals surface area contributed by atoms with Crippen molar-refractivity contribution in [2.24, 2.45) is 0 Å². The van der Waals surface area contributed by atoms with Crippen LogP contribution in [-0.4, -0.2) is 61.9 Å². The summed E-state index contributed by atoms with van der Waals surface area (Å²) in [5.74, 6) is 0.341. The molecule has 2 aromatic carbocycles. The highest BCUT2D eigenvalue weighted by Crippen LogP contribution is 2.24. The third-order valence-electron chi connectivity index (χ3n) is 5.40. The zero-order valence-electron chi connectivity index (χ0n) is 16.9. The van der Waals surface area contributed by atoms with Crippen molar-refractivity contribution in [2.45, 2.75) is 6.92 Å². The summed E-state index contributed by atoms with van der Waals surface area (Å²) in [6.45, 7) is 4.38. The van der Waals surface area contributed by atoms with Crippen molar-refractivity contribution >= 4 is 22.9 Å². The first kappa shape index (κ1) is 19.1. The molecule has 156 valence electrons. The third kappa shape index (κ3) is 3.58. The zero-order chi connectivity index (χ0) is 21.4. The lowest BCUT2D eigenvalue weighted by molar-refractivity contribution is 0.0746. The van der Waals surface area contributed by atoms with E-state index >= 15 is 0 Å². The lowest BCUT2D eigenvalue weighted by Gasteiger charge is -2.35. The van der Waals surface area contributed by atoms with E-state index in [4.69, 9.17) is 0 Å². The average Bonchev–Trinajstić information content (AvgIpc) is 3.23. The number of nitrogens with zero attached hydrogens (tertiary/aromatic N) is 7. The quantitative estimate of drug-likeness (QED) is 0.510. The molecule has 0 N–H and O–H groups in total. The van der Waals surface area contributed by atoms with Crippen LogP contribution in [0.5, 0.6) is 0 Å². The Morgan fingerprint density at radius 3 is 2.58 bits per heavy atom. The van der Waals surface area contributed by atoms with E-state index in [9.17, 15) is 9.18 Å². The number of aromatic nitrogens is 5. The minimum Gasteiger partial charge on any atom is -0.351 e. The van der Waals surface area contributed by atoms with Gasteiger partial charge in [-0.3, -0.25) is 4.79 Å². The zero-order valence-corrected chi connectivity index (χ0v) is 16.9. The number of fused-ring (bicyclic) bond motifs is 1. The van der Waals surface area contributed by atoms with Crippen LogP contribution in [-0.2, 0) is 0 Å². The van der Waals surface area contributed by atoms with Gasteiger partial charge in [-0.1, -0.05) is 29.0 Å². The fourth-order valence-electron chi connectivity index (χ4n) is 3.83. The summed E-state index contributed by atoms with van der Waals surface area (Å²) in [6, 6.07) is 13.8. The number of benzene rings is 2. The number of amides is 1. The Hall–Kier alpha value is -3.88. The van der Waals surface area contributed by atoms with Crippen LogP contribution in [0.25, 0.3) is 16.9 Å². The van der Waals surface area contributed by atoms with E-state index in [0.29, 0.717) is 54.4 Å². The first-order valence-electron chi connectivity index (χ1n) is 10.0. The first-order chi connectivity index (χ1) is 15.1. The van der Waals surface area contributed by atoms with Gasteiger partial charge < -0.3 is 9.80 Å². The van der Waals surface area contributed by atoms with Gasteiger partial charge in [0.1, 0.15) is 12.1 Å². The number of carbonyl (C=O) groups excluding carboxylic acids is 1. The molecule has 0 spiro atoms. The largest absolute Gasteiger partial charge is 0.351 e. The van der Waals surface area contributed by atoms with Crippen molar-refractivity contribution in [1.29, 1.82) is 0 Å². The average molecular weight is 417 g/mol. The van der Waals surface area contributed by atoms with Crippen molar-refractivity contribution in [3.05, 3.63) is 71.8 Å². The Kier molecular flexibility index (Phi) is 4.78. The maximum Gasteiger partial charge on any atom is 0.253 e. The summed E-state index contributed by atoms with van der Waals surface area (Å²) in [5, 5.41) is 8.41. The van der Waals surface area contributed by atoms with Gasteiger partial charge in [0.2, 0.25) is 0 Å². The molecule has 1 amide bonds. The fraction of sp³-hybridized carbons (Fsp3) is 0.227. The minimum atomic E-state index is -0.357. The van der Waals surface area contributed by atoms with Gasteiger partial charge in [0.15, 0.2) is 17.0 Å². The van der Waals surface area contributed by atoms with Gasteiger partial charge in [-0.25, -0.2) is 14.4 Å². The molecule has 5 rings (SSSR count). The molecule has 0 atom stereocenters. The molecule has 0 unspecified atom stereocenters. The fourth-order valence-corrected chi connectivity index (χ4v) is 3.83. The highest BCUT2D eigenvalue weighted by Gasteiger charge is 2.25. The SMILES string of the molecule is Cc1cccc(C(=O)N2CCN(c3ncnc4c3nnn4-c3cccc(F)c3)CC2)c1. The molecule has 1 saturated heterocycles. The van der Waals surface area contributed by atoms with Crippen LogP contribution in [0.1, 0.15) is 15.9 Å². The highest BCUT2D eigenvalue weighted by molar-refractivity contribution is 5.94. The van der Waals surface area contributed by atoms with Gasteiger partial charge in [0.25, 0.3) is 5.91 Å². The van der Waals surface area contributed by atoms with E-state index in [1.54, 1.807) is 12.1 Å². The third-order valence-corrected chi connectivity index (χ3v) is 5.40. The predicted molar refractivity (Wildman–Crippen MR) is 114 cm³/mol. The van der Waals surface area contributed by atoms with Crippen molar-refractivity contribution in [1.82, 2.24) is 29.9 Å². The summed E-state index contributed by atoms with van der Waals surface area (Å²) in [6.07, 6.45) is 1.46. The first-order valence-corrected chi connectivity index (χ1v) is 10.0. The van der Waals surface area contributed by atoms with Crippen LogP contribution in [0.4, 0.5) is 10.2 Å².